The first kappa shape index (κ1) is 13.3. The number of carbonyl (C=O) groups is 1. The summed E-state index contributed by atoms with van der Waals surface area (Å²) in [4.78, 5) is 12.2. The summed E-state index contributed by atoms with van der Waals surface area (Å²) >= 11 is 1.77. The lowest BCUT2D eigenvalue weighted by atomic mass is 10.1. The van der Waals surface area contributed by atoms with E-state index in [1.807, 2.05) is 18.2 Å². The third-order valence-corrected chi connectivity index (χ3v) is 4.03. The summed E-state index contributed by atoms with van der Waals surface area (Å²) in [6.07, 6.45) is 3.84. The zero-order valence-electron chi connectivity index (χ0n) is 10.9. The van der Waals surface area contributed by atoms with Gasteiger partial charge in [0.15, 0.2) is 0 Å². The quantitative estimate of drug-likeness (QED) is 0.857. The first-order chi connectivity index (χ1) is 8.74. The molecule has 2 atom stereocenters. The molecule has 1 aliphatic heterocycles. The highest BCUT2D eigenvalue weighted by molar-refractivity contribution is 7.98. The van der Waals surface area contributed by atoms with Crippen molar-refractivity contribution in [3.8, 4) is 0 Å². The number of rotatable bonds is 5. The molecule has 0 saturated heterocycles. The standard InChI is InChI=1S/C14H20N2OS/c1-3-11(9-18-2)15-14(17)13-8-10-6-4-5-7-12(10)16-13/h4-7,11,13,16H,3,8-9H2,1-2H3,(H,15,17)/t11?,13-/m0/s1. The van der Waals surface area contributed by atoms with E-state index >= 15 is 0 Å². The Morgan fingerprint density at radius 3 is 3.00 bits per heavy atom. The van der Waals surface area contributed by atoms with Crippen molar-refractivity contribution in [3.63, 3.8) is 0 Å². The molecule has 4 heteroatoms. The third-order valence-electron chi connectivity index (χ3n) is 3.29. The molecular weight excluding hydrogens is 244 g/mol. The minimum atomic E-state index is -0.113. The summed E-state index contributed by atoms with van der Waals surface area (Å²) in [7, 11) is 0. The van der Waals surface area contributed by atoms with Gasteiger partial charge in [-0.2, -0.15) is 11.8 Å². The van der Waals surface area contributed by atoms with Crippen LogP contribution in [-0.4, -0.2) is 30.0 Å². The van der Waals surface area contributed by atoms with Crippen LogP contribution in [0.15, 0.2) is 24.3 Å². The smallest absolute Gasteiger partial charge is 0.243 e. The van der Waals surface area contributed by atoms with Gasteiger partial charge < -0.3 is 10.6 Å². The van der Waals surface area contributed by atoms with Crippen molar-refractivity contribution in [2.45, 2.75) is 31.8 Å². The molecule has 1 amide bonds. The molecule has 0 bridgehead atoms. The lowest BCUT2D eigenvalue weighted by molar-refractivity contribution is -0.122. The topological polar surface area (TPSA) is 41.1 Å². The van der Waals surface area contributed by atoms with Gasteiger partial charge in [0.05, 0.1) is 0 Å². The number of thioether (sulfide) groups is 1. The maximum atomic E-state index is 12.2. The van der Waals surface area contributed by atoms with Crippen LogP contribution in [-0.2, 0) is 11.2 Å². The minimum Gasteiger partial charge on any atom is -0.373 e. The number of hydrogen-bond donors (Lipinski definition) is 2. The highest BCUT2D eigenvalue weighted by atomic mass is 32.2. The summed E-state index contributed by atoms with van der Waals surface area (Å²) in [5.41, 5.74) is 2.33. The van der Waals surface area contributed by atoms with Crippen molar-refractivity contribution in [1.82, 2.24) is 5.32 Å². The second-order valence-corrected chi connectivity index (χ2v) is 5.54. The molecule has 0 fully saturated rings. The van der Waals surface area contributed by atoms with Crippen LogP contribution in [0.25, 0.3) is 0 Å². The Labute approximate surface area is 113 Å². The first-order valence-corrected chi connectivity index (χ1v) is 7.77. The predicted octanol–water partition coefficient (Wildman–Crippen LogP) is 2.28. The molecule has 1 heterocycles. The van der Waals surface area contributed by atoms with Crippen LogP contribution in [0.3, 0.4) is 0 Å². The summed E-state index contributed by atoms with van der Waals surface area (Å²) in [5, 5.41) is 6.41. The number of nitrogens with one attached hydrogen (secondary N) is 2. The molecule has 1 aromatic rings. The van der Waals surface area contributed by atoms with Crippen LogP contribution < -0.4 is 10.6 Å². The maximum Gasteiger partial charge on any atom is 0.243 e. The summed E-state index contributed by atoms with van der Waals surface area (Å²) in [6.45, 7) is 2.11. The minimum absolute atomic E-state index is 0.113. The fraction of sp³-hybridized carbons (Fsp3) is 0.500. The van der Waals surface area contributed by atoms with Crippen LogP contribution in [0.2, 0.25) is 0 Å². The number of fused-ring (bicyclic) bond motifs is 1. The van der Waals surface area contributed by atoms with Crippen molar-refractivity contribution in [2.24, 2.45) is 0 Å². The molecular formula is C14H20N2OS. The van der Waals surface area contributed by atoms with Crippen molar-refractivity contribution in [2.75, 3.05) is 17.3 Å². The molecule has 18 heavy (non-hydrogen) atoms. The molecule has 98 valence electrons. The van der Waals surface area contributed by atoms with Gasteiger partial charge in [0.1, 0.15) is 6.04 Å². The third kappa shape index (κ3) is 2.99. The van der Waals surface area contributed by atoms with Gasteiger partial charge in [-0.15, -0.1) is 0 Å². The monoisotopic (exact) mass is 264 g/mol. The van der Waals surface area contributed by atoms with E-state index in [0.29, 0.717) is 0 Å². The largest absolute Gasteiger partial charge is 0.373 e. The van der Waals surface area contributed by atoms with E-state index in [0.717, 1.165) is 24.3 Å². The number of hydrogen-bond acceptors (Lipinski definition) is 3. The Morgan fingerprint density at radius 2 is 2.33 bits per heavy atom. The highest BCUT2D eigenvalue weighted by Crippen LogP contribution is 2.25. The van der Waals surface area contributed by atoms with Gasteiger partial charge in [-0.25, -0.2) is 0 Å². The fourth-order valence-corrected chi connectivity index (χ4v) is 2.94. The van der Waals surface area contributed by atoms with E-state index in [1.54, 1.807) is 11.8 Å². The van der Waals surface area contributed by atoms with Crippen LogP contribution in [0.1, 0.15) is 18.9 Å². The second kappa shape index (κ2) is 6.14. The molecule has 1 unspecified atom stereocenters. The molecule has 3 nitrogen and oxygen atoms in total. The van der Waals surface area contributed by atoms with Gasteiger partial charge >= 0.3 is 0 Å². The Balaban J connectivity index is 1.92. The molecule has 2 N–H and O–H groups in total. The lowest BCUT2D eigenvalue weighted by Crippen LogP contribution is -2.44. The van der Waals surface area contributed by atoms with E-state index in [9.17, 15) is 4.79 Å². The Kier molecular flexibility index (Phi) is 4.53. The molecule has 0 aromatic heterocycles. The SMILES string of the molecule is CCC(CSC)NC(=O)[C@@H]1Cc2ccccc2N1. The summed E-state index contributed by atoms with van der Waals surface area (Å²) < 4.78 is 0. The summed E-state index contributed by atoms with van der Waals surface area (Å²) in [6, 6.07) is 8.28. The van der Waals surface area contributed by atoms with Gasteiger partial charge in [-0.3, -0.25) is 4.79 Å². The van der Waals surface area contributed by atoms with Gasteiger partial charge in [-0.1, -0.05) is 25.1 Å². The average molecular weight is 264 g/mol. The van der Waals surface area contributed by atoms with Gasteiger partial charge in [-0.05, 0) is 24.3 Å². The van der Waals surface area contributed by atoms with Gasteiger partial charge in [0.2, 0.25) is 5.91 Å². The fourth-order valence-electron chi connectivity index (χ4n) is 2.22. The van der Waals surface area contributed by atoms with E-state index in [1.165, 1.54) is 5.56 Å². The van der Waals surface area contributed by atoms with Gasteiger partial charge in [0, 0.05) is 23.9 Å². The van der Waals surface area contributed by atoms with Crippen LogP contribution in [0, 0.1) is 0 Å². The van der Waals surface area contributed by atoms with Gasteiger partial charge in [0.25, 0.3) is 0 Å². The van der Waals surface area contributed by atoms with E-state index in [-0.39, 0.29) is 18.0 Å². The zero-order valence-corrected chi connectivity index (χ0v) is 11.7. The number of para-hydroxylation sites is 1. The van der Waals surface area contributed by atoms with Crippen LogP contribution in [0.4, 0.5) is 5.69 Å². The van der Waals surface area contributed by atoms with Crippen LogP contribution >= 0.6 is 11.8 Å². The Bertz CT molecular complexity index is 397. The molecule has 0 saturated carbocycles. The number of benzene rings is 1. The predicted molar refractivity (Wildman–Crippen MR) is 78.2 cm³/mol. The van der Waals surface area contributed by atoms with Crippen molar-refractivity contribution in [3.05, 3.63) is 29.8 Å². The second-order valence-electron chi connectivity index (χ2n) is 4.63. The molecule has 1 aromatic carbocycles. The van der Waals surface area contributed by atoms with E-state index in [4.69, 9.17) is 0 Å². The molecule has 0 radical (unpaired) electrons. The van der Waals surface area contributed by atoms with Crippen molar-refractivity contribution >= 4 is 23.4 Å². The summed E-state index contributed by atoms with van der Waals surface area (Å²) in [5.74, 6) is 1.09. The highest BCUT2D eigenvalue weighted by Gasteiger charge is 2.27. The Hall–Kier alpha value is -1.16. The molecule has 0 spiro atoms. The lowest BCUT2D eigenvalue weighted by Gasteiger charge is -2.19. The maximum absolute atomic E-state index is 12.2. The number of carbonyl (C=O) groups excluding carboxylic acids is 1. The van der Waals surface area contributed by atoms with Crippen LogP contribution in [0.5, 0.6) is 0 Å². The molecule has 2 rings (SSSR count). The van der Waals surface area contributed by atoms with Crippen molar-refractivity contribution in [1.29, 1.82) is 0 Å². The molecule has 1 aliphatic rings. The number of amides is 1. The van der Waals surface area contributed by atoms with E-state index < -0.39 is 0 Å². The average Bonchev–Trinajstić information content (AvgIpc) is 2.82. The van der Waals surface area contributed by atoms with Crippen molar-refractivity contribution < 1.29 is 4.79 Å². The molecule has 0 aliphatic carbocycles. The normalized spacial score (nSPS) is 18.9. The number of anilines is 1. The first-order valence-electron chi connectivity index (χ1n) is 6.38. The Morgan fingerprint density at radius 1 is 1.56 bits per heavy atom. The van der Waals surface area contributed by atoms with E-state index in [2.05, 4.69) is 29.9 Å². The zero-order chi connectivity index (χ0) is 13.0.